The first-order chi connectivity index (χ1) is 25.4. The first-order valence-electron chi connectivity index (χ1n) is 16.5. The fourth-order valence-corrected chi connectivity index (χ4v) is 8.66. The molecule has 1 aliphatic rings. The fourth-order valence-electron chi connectivity index (χ4n) is 6.64. The average molecular weight is 728 g/mol. The smallest absolute Gasteiger partial charge is 0.417 e. The summed E-state index contributed by atoms with van der Waals surface area (Å²) in [6, 6.07) is 30.1. The highest BCUT2D eigenvalue weighted by Gasteiger charge is 2.58. The summed E-state index contributed by atoms with van der Waals surface area (Å²) >= 11 is 0. The molecule has 6 rings (SSSR count). The minimum atomic E-state index is -4.45. The zero-order chi connectivity index (χ0) is 37.9. The Morgan fingerprint density at radius 3 is 2.13 bits per heavy atom. The molecular formula is C42H37N3O7S. The number of hydrogen-bond acceptors (Lipinski definition) is 7. The van der Waals surface area contributed by atoms with Gasteiger partial charge in [-0.2, -0.15) is 0 Å². The van der Waals surface area contributed by atoms with E-state index in [0.717, 1.165) is 16.7 Å². The molecule has 1 heterocycles. The molecule has 0 spiro atoms. The number of nitrogens with zero attached hydrogens (tertiary/aromatic N) is 1. The van der Waals surface area contributed by atoms with Crippen LogP contribution in [0.15, 0.2) is 151 Å². The Kier molecular flexibility index (Phi) is 9.95. The van der Waals surface area contributed by atoms with Gasteiger partial charge in [0.15, 0.2) is 0 Å². The molecule has 0 saturated heterocycles. The van der Waals surface area contributed by atoms with Gasteiger partial charge in [0.2, 0.25) is 0 Å². The number of amides is 2. The second-order valence-electron chi connectivity index (χ2n) is 12.4. The van der Waals surface area contributed by atoms with E-state index in [0.29, 0.717) is 11.1 Å². The number of phenolic OH excluding ortho intramolecular Hbond substituents is 1. The predicted octanol–water partition coefficient (Wildman–Crippen LogP) is 9.23. The van der Waals surface area contributed by atoms with E-state index in [2.05, 4.69) is 23.8 Å². The summed E-state index contributed by atoms with van der Waals surface area (Å²) in [5, 5.41) is 17.1. The number of nitrogens with one attached hydrogen (secondary N) is 2. The van der Waals surface area contributed by atoms with Gasteiger partial charge >= 0.3 is 12.2 Å². The molecule has 2 amide bonds. The molecule has 10 nitrogen and oxygen atoms in total. The van der Waals surface area contributed by atoms with Crippen molar-refractivity contribution in [3.05, 3.63) is 180 Å². The van der Waals surface area contributed by atoms with Gasteiger partial charge in [-0.05, 0) is 92.1 Å². The highest BCUT2D eigenvalue weighted by atomic mass is 32.2. The van der Waals surface area contributed by atoms with Crippen LogP contribution in [-0.4, -0.2) is 25.7 Å². The van der Waals surface area contributed by atoms with Gasteiger partial charge in [0.1, 0.15) is 22.8 Å². The average Bonchev–Trinajstić information content (AvgIpc) is 3.32. The number of carbonyl (C=O) groups excluding carboxylic acids is 2. The first kappa shape index (κ1) is 36.2. The van der Waals surface area contributed by atoms with Crippen molar-refractivity contribution in [2.24, 2.45) is 0 Å². The third-order valence-corrected chi connectivity index (χ3v) is 10.6. The molecule has 11 heteroatoms. The summed E-state index contributed by atoms with van der Waals surface area (Å²) in [6.07, 6.45) is 2.41. The number of allylic oxidation sites excluding steroid dienone is 3. The van der Waals surface area contributed by atoms with E-state index >= 15 is 8.42 Å². The Morgan fingerprint density at radius 2 is 1.45 bits per heavy atom. The molecule has 5 aromatic carbocycles. The normalized spacial score (nSPS) is 15.9. The molecule has 1 aliphatic heterocycles. The lowest BCUT2D eigenvalue weighted by molar-refractivity contribution is 0.195. The highest BCUT2D eigenvalue weighted by molar-refractivity contribution is 7.93. The van der Waals surface area contributed by atoms with Gasteiger partial charge < -0.3 is 14.6 Å². The lowest BCUT2D eigenvalue weighted by atomic mass is 9.74. The summed E-state index contributed by atoms with van der Waals surface area (Å²) in [7, 11) is -4.45. The number of fused-ring (bicyclic) bond motifs is 1. The largest absolute Gasteiger partial charge is 0.508 e. The molecule has 3 N–H and O–H groups in total. The van der Waals surface area contributed by atoms with E-state index in [1.807, 2.05) is 39.0 Å². The topological polar surface area (TPSA) is 134 Å². The van der Waals surface area contributed by atoms with Crippen molar-refractivity contribution in [1.82, 2.24) is 0 Å². The van der Waals surface area contributed by atoms with Crippen LogP contribution < -0.4 is 19.7 Å². The van der Waals surface area contributed by atoms with Gasteiger partial charge in [0, 0.05) is 16.8 Å². The monoisotopic (exact) mass is 727 g/mol. The van der Waals surface area contributed by atoms with Crippen LogP contribution in [0.2, 0.25) is 0 Å². The number of para-hydroxylation sites is 1. The molecule has 0 bridgehead atoms. The number of hydrogen-bond donors (Lipinski definition) is 3. The summed E-state index contributed by atoms with van der Waals surface area (Å²) in [5.74, 6) is 0.244. The van der Waals surface area contributed by atoms with E-state index < -0.39 is 27.7 Å². The lowest BCUT2D eigenvalue weighted by Crippen LogP contribution is -2.47. The van der Waals surface area contributed by atoms with Crippen LogP contribution in [0, 0.1) is 20.8 Å². The van der Waals surface area contributed by atoms with E-state index in [9.17, 15) is 14.7 Å². The Hall–Kier alpha value is -6.59. The maximum Gasteiger partial charge on any atom is 0.417 e. The van der Waals surface area contributed by atoms with Crippen molar-refractivity contribution in [3.8, 4) is 11.5 Å². The van der Waals surface area contributed by atoms with Crippen LogP contribution in [0.3, 0.4) is 0 Å². The number of rotatable bonds is 9. The molecule has 0 aromatic heterocycles. The maximum atomic E-state index is 15.1. The predicted molar refractivity (Wildman–Crippen MR) is 206 cm³/mol. The molecule has 0 aliphatic carbocycles. The van der Waals surface area contributed by atoms with Crippen molar-refractivity contribution in [2.45, 2.75) is 31.2 Å². The third-order valence-electron chi connectivity index (χ3n) is 8.76. The molecule has 268 valence electrons. The number of carbonyl (C=O) groups is 2. The van der Waals surface area contributed by atoms with Gasteiger partial charge in [-0.15, -0.1) is 0 Å². The van der Waals surface area contributed by atoms with Gasteiger partial charge in [0.05, 0.1) is 16.3 Å². The molecule has 0 radical (unpaired) electrons. The number of benzene rings is 5. The quantitative estimate of drug-likeness (QED) is 0.102. The zero-order valence-electron chi connectivity index (χ0n) is 29.3. The Balaban J connectivity index is 1.62. The fraction of sp³-hybridized carbons (Fsp3) is 0.0952. The van der Waals surface area contributed by atoms with Crippen LogP contribution in [0.25, 0.3) is 0 Å². The number of aromatic hydroxyl groups is 1. The SMILES string of the molecule is C=C/C=C(\C=C)OC(=O)Nc1ccc(N2C(c3ccc(C)cc3C)(c3ccc(C)cc3O)c3ccccc3S2(=O)=O)c(NC(=O)Oc2ccccc2)c1. The molecule has 0 saturated carbocycles. The van der Waals surface area contributed by atoms with Crippen LogP contribution in [0.4, 0.5) is 26.7 Å². The molecule has 0 fully saturated rings. The minimum Gasteiger partial charge on any atom is -0.508 e. The van der Waals surface area contributed by atoms with Crippen molar-refractivity contribution in [2.75, 3.05) is 14.9 Å². The number of ether oxygens (including phenoxy) is 2. The van der Waals surface area contributed by atoms with Gasteiger partial charge in [-0.1, -0.05) is 91.5 Å². The van der Waals surface area contributed by atoms with E-state index in [-0.39, 0.29) is 44.8 Å². The summed E-state index contributed by atoms with van der Waals surface area (Å²) in [4.78, 5) is 26.5. The van der Waals surface area contributed by atoms with Crippen LogP contribution in [0.1, 0.15) is 33.4 Å². The van der Waals surface area contributed by atoms with Crippen molar-refractivity contribution < 1.29 is 32.6 Å². The minimum absolute atomic E-state index is 0.00880. The molecule has 5 aromatic rings. The van der Waals surface area contributed by atoms with Crippen molar-refractivity contribution >= 4 is 39.3 Å². The highest BCUT2D eigenvalue weighted by Crippen LogP contribution is 2.58. The summed E-state index contributed by atoms with van der Waals surface area (Å²) < 4.78 is 42.3. The van der Waals surface area contributed by atoms with Gasteiger partial charge in [-0.25, -0.2) is 22.3 Å². The number of aryl methyl sites for hydroxylation is 3. The molecular weight excluding hydrogens is 691 g/mol. The summed E-state index contributed by atoms with van der Waals surface area (Å²) in [6.45, 7) is 12.9. The number of phenols is 1. The summed E-state index contributed by atoms with van der Waals surface area (Å²) in [5.41, 5.74) is 2.17. The number of anilines is 3. The Morgan fingerprint density at radius 1 is 0.774 bits per heavy atom. The second kappa shape index (κ2) is 14.6. The van der Waals surface area contributed by atoms with Crippen molar-refractivity contribution in [1.29, 1.82) is 0 Å². The van der Waals surface area contributed by atoms with Crippen LogP contribution in [0.5, 0.6) is 11.5 Å². The van der Waals surface area contributed by atoms with E-state index in [1.54, 1.807) is 66.7 Å². The third kappa shape index (κ3) is 6.77. The standard InChI is InChI=1S/C42H37N3O7S/c1-6-13-31(7-2)51-40(47)43-30-20-23-37(36(26-30)44-41(48)52-32-14-9-8-10-15-32)45-42(33-21-18-27(3)24-29(33)5,34-22-19-28(4)25-38(34)46)35-16-11-12-17-39(35)53(45,49)50/h6-26,46H,1-2H2,3-5H3,(H,43,47)(H,44,48)/b31-13+. The van der Waals surface area contributed by atoms with Crippen molar-refractivity contribution in [3.63, 3.8) is 0 Å². The number of sulfonamides is 1. The van der Waals surface area contributed by atoms with Crippen LogP contribution >= 0.6 is 0 Å². The van der Waals surface area contributed by atoms with Crippen LogP contribution in [-0.2, 0) is 20.3 Å². The first-order valence-corrected chi connectivity index (χ1v) is 18.0. The van der Waals surface area contributed by atoms with Gasteiger partial charge in [0.25, 0.3) is 10.0 Å². The zero-order valence-corrected chi connectivity index (χ0v) is 30.1. The van der Waals surface area contributed by atoms with E-state index in [4.69, 9.17) is 9.47 Å². The molecule has 1 atom stereocenters. The van der Waals surface area contributed by atoms with E-state index in [1.165, 1.54) is 46.8 Å². The maximum absolute atomic E-state index is 15.1. The molecule has 1 unspecified atom stereocenters. The molecule has 53 heavy (non-hydrogen) atoms. The lowest BCUT2D eigenvalue weighted by Gasteiger charge is -2.42. The Labute approximate surface area is 308 Å². The second-order valence-corrected chi connectivity index (χ2v) is 14.2. The Bertz CT molecular complexity index is 2350. The van der Waals surface area contributed by atoms with Gasteiger partial charge in [-0.3, -0.25) is 10.6 Å².